The molecule has 0 aliphatic heterocycles. The molecule has 0 saturated carbocycles. The molecule has 1 aromatic heterocycles. The molecule has 0 saturated heterocycles. The lowest BCUT2D eigenvalue weighted by atomic mass is 10.3. The van der Waals surface area contributed by atoms with E-state index >= 15 is 0 Å². The van der Waals surface area contributed by atoms with Crippen molar-refractivity contribution in [1.29, 1.82) is 0 Å². The first kappa shape index (κ1) is 25.3. The van der Waals surface area contributed by atoms with Gasteiger partial charge in [0.05, 0.1) is 28.0 Å². The molecule has 168 valence electrons. The van der Waals surface area contributed by atoms with Gasteiger partial charge in [-0.05, 0) is 42.5 Å². The third-order valence-electron chi connectivity index (χ3n) is 3.57. The Morgan fingerprint density at radius 1 is 1.06 bits per heavy atom. The molecule has 1 heterocycles. The van der Waals surface area contributed by atoms with E-state index in [4.69, 9.17) is 23.1 Å². The van der Waals surface area contributed by atoms with Gasteiger partial charge in [0, 0.05) is 10.2 Å². The van der Waals surface area contributed by atoms with E-state index in [-0.39, 0.29) is 40.2 Å². The lowest BCUT2D eigenvalue weighted by Gasteiger charge is -2.09. The van der Waals surface area contributed by atoms with E-state index in [9.17, 15) is 8.42 Å². The summed E-state index contributed by atoms with van der Waals surface area (Å²) in [4.78, 5) is 15.7. The number of rotatable bonds is 5. The molecule has 0 aliphatic carbocycles. The van der Waals surface area contributed by atoms with Crippen LogP contribution in [0.15, 0.2) is 80.3 Å². The molecule has 0 aliphatic rings. The fourth-order valence-corrected chi connectivity index (χ4v) is 3.62. The molecule has 10 nitrogen and oxygen atoms in total. The molecule has 32 heavy (non-hydrogen) atoms. The Kier molecular flexibility index (Phi) is 8.78. The summed E-state index contributed by atoms with van der Waals surface area (Å²) in [7, 11) is -3.94. The molecule has 14 heteroatoms. The van der Waals surface area contributed by atoms with E-state index in [1.165, 1.54) is 30.6 Å². The van der Waals surface area contributed by atoms with E-state index in [1.54, 1.807) is 18.2 Å². The summed E-state index contributed by atoms with van der Waals surface area (Å²) in [5.41, 5.74) is 12.6. The Balaban J connectivity index is 0.00000363. The predicted octanol–water partition coefficient (Wildman–Crippen LogP) is 3.49. The van der Waals surface area contributed by atoms with Crippen LogP contribution in [0.4, 0.5) is 17.3 Å². The van der Waals surface area contributed by atoms with Gasteiger partial charge in [0.15, 0.2) is 0 Å². The van der Waals surface area contributed by atoms with Crippen molar-refractivity contribution < 1.29 is 8.42 Å². The molecule has 3 aromatic rings. The minimum Gasteiger partial charge on any atom is -0.369 e. The Morgan fingerprint density at radius 3 is 2.38 bits per heavy atom. The molecule has 0 bridgehead atoms. The van der Waals surface area contributed by atoms with Crippen LogP contribution in [0.5, 0.6) is 0 Å². The number of halogens is 3. The third kappa shape index (κ3) is 7.34. The monoisotopic (exact) mass is 558 g/mol. The normalized spacial score (nSPS) is 12.1. The Labute approximate surface area is 203 Å². The number of hydrogen-bond donors (Lipinski definition) is 4. The number of nitrogens with one attached hydrogen (secondary N) is 2. The summed E-state index contributed by atoms with van der Waals surface area (Å²) in [5.74, 6) is -0.250. The molecule has 0 amide bonds. The van der Waals surface area contributed by atoms with Crippen LogP contribution in [0.2, 0.25) is 5.02 Å². The maximum Gasteiger partial charge on any atom is 0.264 e. The molecule has 2 aromatic carbocycles. The zero-order chi connectivity index (χ0) is 22.4. The lowest BCUT2D eigenvalue weighted by Crippen LogP contribution is -2.26. The highest BCUT2D eigenvalue weighted by atomic mass is 79.9. The van der Waals surface area contributed by atoms with Crippen LogP contribution in [-0.4, -0.2) is 30.3 Å². The van der Waals surface area contributed by atoms with E-state index in [0.29, 0.717) is 11.4 Å². The zero-order valence-corrected chi connectivity index (χ0v) is 20.1. The highest BCUT2D eigenvalue weighted by Gasteiger charge is 2.16. The maximum atomic E-state index is 12.6. The van der Waals surface area contributed by atoms with E-state index in [0.717, 1.165) is 4.47 Å². The summed E-state index contributed by atoms with van der Waals surface area (Å²) in [6.07, 6.45) is 2.56. The first-order valence-corrected chi connectivity index (χ1v) is 11.2. The van der Waals surface area contributed by atoms with Crippen LogP contribution in [-0.2, 0) is 10.0 Å². The number of nitrogens with zero attached hydrogens (tertiary/aromatic N) is 4. The van der Waals surface area contributed by atoms with Crippen molar-refractivity contribution in [2.75, 3.05) is 10.0 Å². The number of aliphatic imine (C=N–C) groups is 2. The highest BCUT2D eigenvalue weighted by Crippen LogP contribution is 2.19. The summed E-state index contributed by atoms with van der Waals surface area (Å²) in [5, 5.41) is 3.05. The molecule has 0 fully saturated rings. The van der Waals surface area contributed by atoms with Crippen molar-refractivity contribution in [2.45, 2.75) is 4.90 Å². The standard InChI is InChI=1S/C18H16BrClN8O2S.ClH/c19-11-4-6-13(7-5-11)25-16(21)27-17(22)26-14-2-1-3-15(8-14)31(29,30)28-18-23-9-12(20)10-24-18;/h1-10H,(H,23,24,28)(H5,21,22,25,26,27);1H. The fourth-order valence-electron chi connectivity index (χ4n) is 2.26. The smallest absolute Gasteiger partial charge is 0.264 e. The lowest BCUT2D eigenvalue weighted by molar-refractivity contribution is 0.601. The van der Waals surface area contributed by atoms with Crippen LogP contribution in [0.1, 0.15) is 0 Å². The maximum absolute atomic E-state index is 12.6. The van der Waals surface area contributed by atoms with Crippen molar-refractivity contribution in [3.05, 3.63) is 70.4 Å². The molecular weight excluding hydrogens is 543 g/mol. The van der Waals surface area contributed by atoms with E-state index < -0.39 is 10.0 Å². The van der Waals surface area contributed by atoms with Crippen LogP contribution in [0, 0.1) is 0 Å². The number of anilines is 2. The van der Waals surface area contributed by atoms with Crippen molar-refractivity contribution in [3.63, 3.8) is 0 Å². The number of hydrogen-bond acceptors (Lipinski definition) is 5. The second-order valence-corrected chi connectivity index (χ2v) is 8.96. The van der Waals surface area contributed by atoms with Crippen molar-refractivity contribution in [3.8, 4) is 0 Å². The van der Waals surface area contributed by atoms with Crippen LogP contribution >= 0.6 is 39.9 Å². The highest BCUT2D eigenvalue weighted by molar-refractivity contribution is 9.10. The average Bonchev–Trinajstić information content (AvgIpc) is 2.71. The number of guanidine groups is 2. The molecule has 0 spiro atoms. The Morgan fingerprint density at radius 2 is 1.72 bits per heavy atom. The minimum absolute atomic E-state index is 0. The molecule has 0 radical (unpaired) electrons. The van der Waals surface area contributed by atoms with Gasteiger partial charge in [-0.2, -0.15) is 4.99 Å². The molecular formula is C18H17BrCl2N8O2S. The molecule has 0 atom stereocenters. The van der Waals surface area contributed by atoms with Gasteiger partial charge >= 0.3 is 0 Å². The number of benzene rings is 2. The number of nitrogens with two attached hydrogens (primary N) is 2. The van der Waals surface area contributed by atoms with Crippen LogP contribution < -0.4 is 21.5 Å². The number of aromatic nitrogens is 2. The van der Waals surface area contributed by atoms with Gasteiger partial charge in [0.2, 0.25) is 17.9 Å². The van der Waals surface area contributed by atoms with Gasteiger partial charge in [-0.3, -0.25) is 0 Å². The summed E-state index contributed by atoms with van der Waals surface area (Å²) >= 11 is 9.04. The number of sulfonamides is 1. The molecule has 0 unspecified atom stereocenters. The van der Waals surface area contributed by atoms with Gasteiger partial charge in [-0.25, -0.2) is 28.1 Å². The van der Waals surface area contributed by atoms with Gasteiger partial charge < -0.3 is 16.8 Å². The predicted molar refractivity (Wildman–Crippen MR) is 132 cm³/mol. The molecule has 3 rings (SSSR count). The minimum atomic E-state index is -3.94. The summed E-state index contributed by atoms with van der Waals surface area (Å²) < 4.78 is 28.3. The van der Waals surface area contributed by atoms with Gasteiger partial charge in [-0.1, -0.05) is 33.6 Å². The molecule has 6 N–H and O–H groups in total. The third-order valence-corrected chi connectivity index (χ3v) is 5.62. The Hall–Kier alpha value is -2.93. The van der Waals surface area contributed by atoms with Gasteiger partial charge in [0.1, 0.15) is 0 Å². The van der Waals surface area contributed by atoms with E-state index in [1.807, 2.05) is 12.1 Å². The van der Waals surface area contributed by atoms with Gasteiger partial charge in [-0.15, -0.1) is 12.4 Å². The van der Waals surface area contributed by atoms with E-state index in [2.05, 4.69) is 45.9 Å². The summed E-state index contributed by atoms with van der Waals surface area (Å²) in [6, 6.07) is 13.0. The quantitative estimate of drug-likeness (QED) is 0.275. The van der Waals surface area contributed by atoms with Crippen LogP contribution in [0.3, 0.4) is 0 Å². The first-order valence-electron chi connectivity index (χ1n) is 8.53. The first-order chi connectivity index (χ1) is 14.7. The zero-order valence-electron chi connectivity index (χ0n) is 16.1. The van der Waals surface area contributed by atoms with Crippen molar-refractivity contribution in [1.82, 2.24) is 9.97 Å². The van der Waals surface area contributed by atoms with Crippen LogP contribution in [0.25, 0.3) is 0 Å². The topological polar surface area (TPSA) is 161 Å². The second-order valence-electron chi connectivity index (χ2n) is 5.93. The Bertz CT molecular complexity index is 1240. The van der Waals surface area contributed by atoms with Crippen molar-refractivity contribution >= 4 is 79.2 Å². The summed E-state index contributed by atoms with van der Waals surface area (Å²) in [6.45, 7) is 0. The van der Waals surface area contributed by atoms with Gasteiger partial charge in [0.25, 0.3) is 10.0 Å². The largest absolute Gasteiger partial charge is 0.369 e. The van der Waals surface area contributed by atoms with Crippen molar-refractivity contribution in [2.24, 2.45) is 21.5 Å². The second kappa shape index (κ2) is 11.1. The average molecular weight is 560 g/mol. The fraction of sp³-hybridized carbons (Fsp3) is 0. The SMILES string of the molecule is Cl.NC(=Nc1ccc(Br)cc1)/N=C(/N)Nc1cccc(S(=O)(=O)Nc2ncc(Cl)cn2)c1.